The largest absolute Gasteiger partial charge is 0.378 e. The minimum atomic E-state index is -0.0789. The van der Waals surface area contributed by atoms with Gasteiger partial charge in [-0.25, -0.2) is 5.01 Å². The molecule has 1 aliphatic carbocycles. The van der Waals surface area contributed by atoms with Gasteiger partial charge in [0.2, 0.25) is 0 Å². The molecule has 4 nitrogen and oxygen atoms in total. The minimum absolute atomic E-state index is 0.0366. The second-order valence-electron chi connectivity index (χ2n) is 9.51. The highest BCUT2D eigenvalue weighted by molar-refractivity contribution is 6.09. The Kier molecular flexibility index (Phi) is 6.06. The summed E-state index contributed by atoms with van der Waals surface area (Å²) >= 11 is 0. The summed E-state index contributed by atoms with van der Waals surface area (Å²) in [4.78, 5) is 15.8. The van der Waals surface area contributed by atoms with Crippen molar-refractivity contribution < 1.29 is 4.79 Å². The number of hydrogen-bond acceptors (Lipinski definition) is 3. The zero-order chi connectivity index (χ0) is 23.7. The Morgan fingerprint density at radius 3 is 2.35 bits per heavy atom. The molecule has 0 spiro atoms. The number of allylic oxidation sites excluding steroid dienone is 1. The summed E-state index contributed by atoms with van der Waals surface area (Å²) < 4.78 is 0. The maximum absolute atomic E-state index is 13.6. The number of hydrazone groups is 1. The molecule has 0 aromatic heterocycles. The SMILES string of the molecule is Cc1ccc(C(=O)N2N=C3C(=Cc4ccc(N(C)C)cc4)CCCC3C2c2ccccc2)cc1. The number of carbonyl (C=O) groups excluding carboxylic acids is 1. The van der Waals surface area contributed by atoms with E-state index in [9.17, 15) is 4.79 Å². The molecular formula is C30H31N3O. The highest BCUT2D eigenvalue weighted by Crippen LogP contribution is 2.44. The molecule has 0 radical (unpaired) electrons. The van der Waals surface area contributed by atoms with E-state index in [1.165, 1.54) is 16.8 Å². The molecule has 2 aliphatic rings. The first-order chi connectivity index (χ1) is 16.5. The Morgan fingerprint density at radius 2 is 1.68 bits per heavy atom. The Hall–Kier alpha value is -3.66. The van der Waals surface area contributed by atoms with Crippen LogP contribution in [0, 0.1) is 12.8 Å². The van der Waals surface area contributed by atoms with Crippen molar-refractivity contribution in [2.75, 3.05) is 19.0 Å². The van der Waals surface area contributed by atoms with E-state index in [2.05, 4.69) is 61.5 Å². The molecule has 1 amide bonds. The molecule has 0 saturated heterocycles. The van der Waals surface area contributed by atoms with Crippen molar-refractivity contribution in [3.63, 3.8) is 0 Å². The third kappa shape index (κ3) is 4.28. The fourth-order valence-electron chi connectivity index (χ4n) is 5.05. The summed E-state index contributed by atoms with van der Waals surface area (Å²) in [5.41, 5.74) is 7.63. The number of carbonyl (C=O) groups is 1. The minimum Gasteiger partial charge on any atom is -0.378 e. The van der Waals surface area contributed by atoms with Gasteiger partial charge in [0.15, 0.2) is 0 Å². The molecule has 172 valence electrons. The van der Waals surface area contributed by atoms with Crippen molar-refractivity contribution in [1.29, 1.82) is 0 Å². The van der Waals surface area contributed by atoms with Gasteiger partial charge in [-0.2, -0.15) is 5.10 Å². The summed E-state index contributed by atoms with van der Waals surface area (Å²) in [6, 6.07) is 26.7. The lowest BCUT2D eigenvalue weighted by atomic mass is 9.77. The van der Waals surface area contributed by atoms with Gasteiger partial charge in [0, 0.05) is 31.3 Å². The van der Waals surface area contributed by atoms with E-state index in [1.54, 1.807) is 5.01 Å². The number of rotatable bonds is 4. The van der Waals surface area contributed by atoms with Crippen LogP contribution >= 0.6 is 0 Å². The molecule has 0 N–H and O–H groups in total. The first-order valence-corrected chi connectivity index (χ1v) is 12.0. The number of benzene rings is 3. The van der Waals surface area contributed by atoms with Crippen LogP contribution in [0.1, 0.15) is 52.4 Å². The van der Waals surface area contributed by atoms with E-state index in [0.29, 0.717) is 5.56 Å². The topological polar surface area (TPSA) is 35.9 Å². The molecule has 1 saturated carbocycles. The van der Waals surface area contributed by atoms with Crippen LogP contribution in [0.2, 0.25) is 0 Å². The highest BCUT2D eigenvalue weighted by Gasteiger charge is 2.43. The normalized spacial score (nSPS) is 20.7. The molecule has 1 aliphatic heterocycles. The predicted molar refractivity (Wildman–Crippen MR) is 140 cm³/mol. The fraction of sp³-hybridized carbons (Fsp3) is 0.267. The first kappa shape index (κ1) is 22.1. The number of anilines is 1. The lowest BCUT2D eigenvalue weighted by molar-refractivity contribution is 0.0681. The molecule has 1 heterocycles. The molecule has 4 heteroatoms. The number of fused-ring (bicyclic) bond motifs is 1. The number of aryl methyl sites for hydroxylation is 1. The van der Waals surface area contributed by atoms with Crippen molar-refractivity contribution in [1.82, 2.24) is 5.01 Å². The average Bonchev–Trinajstić information content (AvgIpc) is 3.25. The molecule has 0 bridgehead atoms. The molecular weight excluding hydrogens is 418 g/mol. The average molecular weight is 450 g/mol. The summed E-state index contributed by atoms with van der Waals surface area (Å²) in [5.74, 6) is 0.170. The van der Waals surface area contributed by atoms with Crippen molar-refractivity contribution in [2.24, 2.45) is 11.0 Å². The van der Waals surface area contributed by atoms with Crippen molar-refractivity contribution >= 4 is 23.4 Å². The number of amides is 1. The van der Waals surface area contributed by atoms with Crippen molar-refractivity contribution in [3.05, 3.63) is 107 Å². The van der Waals surface area contributed by atoms with Crippen LogP contribution in [-0.4, -0.2) is 30.7 Å². The fourth-order valence-corrected chi connectivity index (χ4v) is 5.05. The van der Waals surface area contributed by atoms with Gasteiger partial charge < -0.3 is 4.90 Å². The summed E-state index contributed by atoms with van der Waals surface area (Å²) in [6.45, 7) is 2.04. The second-order valence-corrected chi connectivity index (χ2v) is 9.51. The number of nitrogens with zero attached hydrogens (tertiary/aromatic N) is 3. The van der Waals surface area contributed by atoms with Crippen molar-refractivity contribution in [3.8, 4) is 0 Å². The van der Waals surface area contributed by atoms with Gasteiger partial charge in [0.05, 0.1) is 11.8 Å². The predicted octanol–water partition coefficient (Wildman–Crippen LogP) is 6.50. The Labute approximate surface area is 202 Å². The van der Waals surface area contributed by atoms with Gasteiger partial charge in [-0.15, -0.1) is 0 Å². The Balaban J connectivity index is 1.53. The molecule has 3 aromatic carbocycles. The highest BCUT2D eigenvalue weighted by atomic mass is 16.2. The van der Waals surface area contributed by atoms with Gasteiger partial charge >= 0.3 is 0 Å². The van der Waals surface area contributed by atoms with Gasteiger partial charge in [-0.05, 0) is 73.2 Å². The zero-order valence-electron chi connectivity index (χ0n) is 20.1. The van der Waals surface area contributed by atoms with E-state index in [4.69, 9.17) is 5.10 Å². The lowest BCUT2D eigenvalue weighted by Gasteiger charge is -2.29. The van der Waals surface area contributed by atoms with Crippen LogP contribution in [0.25, 0.3) is 6.08 Å². The zero-order valence-corrected chi connectivity index (χ0v) is 20.1. The maximum atomic E-state index is 13.6. The molecule has 2 atom stereocenters. The van der Waals surface area contributed by atoms with Crippen LogP contribution in [0.5, 0.6) is 0 Å². The quantitative estimate of drug-likeness (QED) is 0.456. The standard InChI is InChI=1S/C30H31N3O/c1-21-12-16-24(17-13-21)30(34)33-29(23-8-5-4-6-9-23)27-11-7-10-25(28(27)31-33)20-22-14-18-26(19-15-22)32(2)3/h4-6,8-9,12-20,27,29H,7,10-11H2,1-3H3. The van der Waals surface area contributed by atoms with Crippen LogP contribution in [-0.2, 0) is 0 Å². The van der Waals surface area contributed by atoms with E-state index in [1.807, 2.05) is 49.4 Å². The molecule has 5 rings (SSSR count). The van der Waals surface area contributed by atoms with Gasteiger partial charge in [-0.1, -0.05) is 60.2 Å². The summed E-state index contributed by atoms with van der Waals surface area (Å²) in [6.07, 6.45) is 5.37. The summed E-state index contributed by atoms with van der Waals surface area (Å²) in [7, 11) is 4.10. The maximum Gasteiger partial charge on any atom is 0.274 e. The van der Waals surface area contributed by atoms with Gasteiger partial charge in [0.25, 0.3) is 5.91 Å². The lowest BCUT2D eigenvalue weighted by Crippen LogP contribution is -2.31. The van der Waals surface area contributed by atoms with Gasteiger partial charge in [-0.3, -0.25) is 4.79 Å². The van der Waals surface area contributed by atoms with Crippen LogP contribution in [0.15, 0.2) is 89.5 Å². The van der Waals surface area contributed by atoms with E-state index in [0.717, 1.165) is 36.1 Å². The monoisotopic (exact) mass is 449 g/mol. The van der Waals surface area contributed by atoms with Crippen molar-refractivity contribution in [2.45, 2.75) is 32.2 Å². The van der Waals surface area contributed by atoms with E-state index in [-0.39, 0.29) is 17.9 Å². The molecule has 2 unspecified atom stereocenters. The van der Waals surface area contributed by atoms with E-state index < -0.39 is 0 Å². The number of hydrogen-bond donors (Lipinski definition) is 0. The third-order valence-corrected chi connectivity index (χ3v) is 6.90. The third-order valence-electron chi connectivity index (χ3n) is 6.90. The molecule has 3 aromatic rings. The molecule has 1 fully saturated rings. The first-order valence-electron chi connectivity index (χ1n) is 12.0. The van der Waals surface area contributed by atoms with E-state index >= 15 is 0 Å². The van der Waals surface area contributed by atoms with Crippen LogP contribution in [0.4, 0.5) is 5.69 Å². The van der Waals surface area contributed by atoms with Crippen LogP contribution in [0.3, 0.4) is 0 Å². The molecule has 34 heavy (non-hydrogen) atoms. The Bertz CT molecular complexity index is 1220. The second kappa shape index (κ2) is 9.30. The summed E-state index contributed by atoms with van der Waals surface area (Å²) in [5, 5.41) is 6.76. The Morgan fingerprint density at radius 1 is 0.971 bits per heavy atom. The van der Waals surface area contributed by atoms with Gasteiger partial charge in [0.1, 0.15) is 0 Å². The smallest absolute Gasteiger partial charge is 0.274 e. The van der Waals surface area contributed by atoms with Crippen LogP contribution < -0.4 is 4.90 Å².